The molecule has 21 heavy (non-hydrogen) atoms. The van der Waals surface area contributed by atoms with Crippen LogP contribution in [0.1, 0.15) is 36.2 Å². The highest BCUT2D eigenvalue weighted by Crippen LogP contribution is 2.60. The Labute approximate surface area is 121 Å². The second-order valence-electron chi connectivity index (χ2n) is 6.12. The number of hydrogen-bond donors (Lipinski definition) is 2. The minimum atomic E-state index is -0.285. The zero-order valence-corrected chi connectivity index (χ0v) is 11.5. The lowest BCUT2D eigenvalue weighted by Crippen LogP contribution is -2.32. The van der Waals surface area contributed by atoms with Crippen molar-refractivity contribution < 1.29 is 9.18 Å². The zero-order valence-electron chi connectivity index (χ0n) is 11.5. The zero-order chi connectivity index (χ0) is 14.4. The average Bonchev–Trinajstić information content (AvgIpc) is 2.96. The van der Waals surface area contributed by atoms with Gasteiger partial charge in [-0.15, -0.1) is 0 Å². The van der Waals surface area contributed by atoms with Gasteiger partial charge in [0.05, 0.1) is 5.69 Å². The number of nitrogens with zero attached hydrogens (tertiary/aromatic N) is 1. The Morgan fingerprint density at radius 2 is 2.10 bits per heavy atom. The highest BCUT2D eigenvalue weighted by molar-refractivity contribution is 5.93. The number of amides is 1. The Kier molecular flexibility index (Phi) is 2.64. The minimum absolute atomic E-state index is 0.107. The molecule has 1 spiro atoms. The Morgan fingerprint density at radius 1 is 1.33 bits per heavy atom. The van der Waals surface area contributed by atoms with Gasteiger partial charge >= 0.3 is 0 Å². The lowest BCUT2D eigenvalue weighted by Gasteiger charge is -2.26. The van der Waals surface area contributed by atoms with E-state index in [-0.39, 0.29) is 11.7 Å². The Bertz CT molecular complexity index is 688. The number of carbonyl (C=O) groups excluding carboxylic acids is 1. The van der Waals surface area contributed by atoms with Crippen LogP contribution in [-0.4, -0.2) is 22.1 Å². The van der Waals surface area contributed by atoms with E-state index in [1.165, 1.54) is 31.4 Å². The molecule has 2 aliphatic carbocycles. The molecule has 1 amide bonds. The van der Waals surface area contributed by atoms with Gasteiger partial charge in [-0.25, -0.2) is 4.39 Å². The van der Waals surface area contributed by atoms with Crippen LogP contribution in [-0.2, 0) is 0 Å². The molecule has 1 aromatic carbocycles. The number of hydrogen-bond acceptors (Lipinski definition) is 2. The van der Waals surface area contributed by atoms with Crippen molar-refractivity contribution in [1.29, 1.82) is 0 Å². The number of carbonyl (C=O) groups is 1. The molecule has 2 saturated carbocycles. The maximum atomic E-state index is 12.9. The van der Waals surface area contributed by atoms with E-state index < -0.39 is 0 Å². The van der Waals surface area contributed by atoms with Gasteiger partial charge in [-0.2, -0.15) is 5.10 Å². The number of aromatic nitrogens is 2. The molecule has 4 nitrogen and oxygen atoms in total. The van der Waals surface area contributed by atoms with Crippen LogP contribution in [0.15, 0.2) is 30.3 Å². The molecule has 1 atom stereocenters. The SMILES string of the molecule is O=C(NC1CC12CCC2)c1cc(-c2ccc(F)cc2)n[nH]1. The third-order valence-corrected chi connectivity index (χ3v) is 4.81. The standard InChI is InChI=1S/C16H16FN3O/c17-11-4-2-10(3-5-11)12-8-13(20-19-12)15(21)18-14-9-16(14)6-1-7-16/h2-5,8,14H,1,6-7,9H2,(H,18,21)(H,19,20). The minimum Gasteiger partial charge on any atom is -0.347 e. The summed E-state index contributed by atoms with van der Waals surface area (Å²) >= 11 is 0. The van der Waals surface area contributed by atoms with Crippen molar-refractivity contribution in [2.24, 2.45) is 5.41 Å². The molecule has 0 bridgehead atoms. The predicted molar refractivity (Wildman–Crippen MR) is 76.1 cm³/mol. The fraction of sp³-hybridized carbons (Fsp3) is 0.375. The first kappa shape index (κ1) is 12.6. The Morgan fingerprint density at radius 3 is 2.71 bits per heavy atom. The molecule has 1 aromatic heterocycles. The van der Waals surface area contributed by atoms with Gasteiger partial charge < -0.3 is 5.32 Å². The monoisotopic (exact) mass is 285 g/mol. The van der Waals surface area contributed by atoms with Crippen molar-refractivity contribution >= 4 is 5.91 Å². The van der Waals surface area contributed by atoms with E-state index in [1.807, 2.05) is 0 Å². The number of rotatable bonds is 3. The molecule has 108 valence electrons. The molecule has 2 fully saturated rings. The second-order valence-corrected chi connectivity index (χ2v) is 6.12. The van der Waals surface area contributed by atoms with Gasteiger partial charge in [0, 0.05) is 11.6 Å². The molecule has 5 heteroatoms. The summed E-state index contributed by atoms with van der Waals surface area (Å²) in [4.78, 5) is 12.2. The van der Waals surface area contributed by atoms with Crippen LogP contribution in [0, 0.1) is 11.2 Å². The van der Waals surface area contributed by atoms with Gasteiger partial charge in [0.2, 0.25) is 0 Å². The number of aromatic amines is 1. The van der Waals surface area contributed by atoms with Crippen molar-refractivity contribution in [3.05, 3.63) is 41.8 Å². The predicted octanol–water partition coefficient (Wildman–Crippen LogP) is 2.89. The van der Waals surface area contributed by atoms with E-state index in [4.69, 9.17) is 0 Å². The van der Waals surface area contributed by atoms with Crippen LogP contribution in [0.5, 0.6) is 0 Å². The molecule has 2 aliphatic rings. The molecule has 0 saturated heterocycles. The van der Waals surface area contributed by atoms with E-state index in [1.54, 1.807) is 18.2 Å². The van der Waals surface area contributed by atoms with E-state index in [9.17, 15) is 9.18 Å². The van der Waals surface area contributed by atoms with Gasteiger partial charge in [-0.3, -0.25) is 9.89 Å². The van der Waals surface area contributed by atoms with E-state index in [0.717, 1.165) is 12.0 Å². The quantitative estimate of drug-likeness (QED) is 0.911. The van der Waals surface area contributed by atoms with E-state index in [0.29, 0.717) is 22.8 Å². The lowest BCUT2D eigenvalue weighted by atomic mass is 9.81. The Hall–Kier alpha value is -2.17. The van der Waals surface area contributed by atoms with Crippen molar-refractivity contribution in [2.45, 2.75) is 31.7 Å². The fourth-order valence-electron chi connectivity index (χ4n) is 3.18. The van der Waals surface area contributed by atoms with Gasteiger partial charge in [0.15, 0.2) is 0 Å². The normalized spacial score (nSPS) is 21.9. The summed E-state index contributed by atoms with van der Waals surface area (Å²) in [5.41, 5.74) is 2.30. The van der Waals surface area contributed by atoms with E-state index in [2.05, 4.69) is 15.5 Å². The topological polar surface area (TPSA) is 57.8 Å². The highest BCUT2D eigenvalue weighted by Gasteiger charge is 2.58. The summed E-state index contributed by atoms with van der Waals surface area (Å²) in [6.07, 6.45) is 4.87. The van der Waals surface area contributed by atoms with Gasteiger partial charge in [0.1, 0.15) is 11.5 Å². The Balaban J connectivity index is 1.46. The van der Waals surface area contributed by atoms with Crippen molar-refractivity contribution in [1.82, 2.24) is 15.5 Å². The largest absolute Gasteiger partial charge is 0.347 e. The van der Waals surface area contributed by atoms with Crippen LogP contribution in [0.4, 0.5) is 4.39 Å². The molecule has 1 unspecified atom stereocenters. The molecule has 0 aliphatic heterocycles. The first-order valence-electron chi connectivity index (χ1n) is 7.29. The smallest absolute Gasteiger partial charge is 0.269 e. The molecule has 1 heterocycles. The third-order valence-electron chi connectivity index (χ3n) is 4.81. The maximum absolute atomic E-state index is 12.9. The average molecular weight is 285 g/mol. The summed E-state index contributed by atoms with van der Waals surface area (Å²) < 4.78 is 12.9. The van der Waals surface area contributed by atoms with Crippen LogP contribution < -0.4 is 5.32 Å². The van der Waals surface area contributed by atoms with Crippen LogP contribution in [0.2, 0.25) is 0 Å². The summed E-state index contributed by atoms with van der Waals surface area (Å²) in [6, 6.07) is 8.10. The third kappa shape index (κ3) is 2.13. The maximum Gasteiger partial charge on any atom is 0.269 e. The van der Waals surface area contributed by atoms with Gasteiger partial charge in [-0.05, 0) is 55.0 Å². The summed E-state index contributed by atoms with van der Waals surface area (Å²) in [6.45, 7) is 0. The lowest BCUT2D eigenvalue weighted by molar-refractivity contribution is 0.0933. The summed E-state index contributed by atoms with van der Waals surface area (Å²) in [7, 11) is 0. The van der Waals surface area contributed by atoms with Crippen LogP contribution in [0.3, 0.4) is 0 Å². The highest BCUT2D eigenvalue weighted by atomic mass is 19.1. The van der Waals surface area contributed by atoms with Crippen LogP contribution in [0.25, 0.3) is 11.3 Å². The van der Waals surface area contributed by atoms with E-state index >= 15 is 0 Å². The molecule has 0 radical (unpaired) electrons. The van der Waals surface area contributed by atoms with Crippen molar-refractivity contribution in [3.8, 4) is 11.3 Å². The molecule has 4 rings (SSSR count). The summed E-state index contributed by atoms with van der Waals surface area (Å²) in [5.74, 6) is -0.392. The molecular formula is C16H16FN3O. The number of halogens is 1. The van der Waals surface area contributed by atoms with Crippen molar-refractivity contribution in [3.63, 3.8) is 0 Å². The fourth-order valence-corrected chi connectivity index (χ4v) is 3.18. The molecule has 2 N–H and O–H groups in total. The summed E-state index contributed by atoms with van der Waals surface area (Å²) in [5, 5.41) is 9.95. The number of nitrogens with one attached hydrogen (secondary N) is 2. The number of H-pyrrole nitrogens is 1. The number of benzene rings is 1. The first-order chi connectivity index (χ1) is 10.2. The first-order valence-corrected chi connectivity index (χ1v) is 7.29. The van der Waals surface area contributed by atoms with Gasteiger partial charge in [-0.1, -0.05) is 6.42 Å². The van der Waals surface area contributed by atoms with Crippen molar-refractivity contribution in [2.75, 3.05) is 0 Å². The van der Waals surface area contributed by atoms with Crippen LogP contribution >= 0.6 is 0 Å². The molecule has 2 aromatic rings. The molecular weight excluding hydrogens is 269 g/mol. The second kappa shape index (κ2) is 4.41. The van der Waals surface area contributed by atoms with Gasteiger partial charge in [0.25, 0.3) is 5.91 Å².